The summed E-state index contributed by atoms with van der Waals surface area (Å²) in [6, 6.07) is 7.13. The number of hydrogen-bond acceptors (Lipinski definition) is 3. The molecule has 19 heavy (non-hydrogen) atoms. The lowest BCUT2D eigenvalue weighted by molar-refractivity contribution is 0.395. The van der Waals surface area contributed by atoms with E-state index >= 15 is 0 Å². The van der Waals surface area contributed by atoms with Crippen LogP contribution in [0.3, 0.4) is 0 Å². The molecule has 1 atom stereocenters. The van der Waals surface area contributed by atoms with Crippen molar-refractivity contribution in [2.24, 2.45) is 0 Å². The second-order valence-electron chi connectivity index (χ2n) is 6.34. The Balaban J connectivity index is 2.17. The Bertz CT molecular complexity index is 417. The molecule has 0 amide bonds. The zero-order valence-electron chi connectivity index (χ0n) is 12.5. The molecule has 1 unspecified atom stereocenters. The minimum Gasteiger partial charge on any atom is -0.496 e. The topological polar surface area (TPSA) is 33.3 Å². The van der Waals surface area contributed by atoms with Crippen molar-refractivity contribution in [1.82, 2.24) is 10.6 Å². The first-order chi connectivity index (χ1) is 9.00. The SMILES string of the molecule is COc1ccc(CC2CNCCN2)cc1C(C)(C)C. The van der Waals surface area contributed by atoms with Gasteiger partial charge in [0.2, 0.25) is 0 Å². The quantitative estimate of drug-likeness (QED) is 0.875. The van der Waals surface area contributed by atoms with Crippen LogP contribution in [0.25, 0.3) is 0 Å². The second-order valence-corrected chi connectivity index (χ2v) is 6.34. The number of nitrogens with one attached hydrogen (secondary N) is 2. The summed E-state index contributed by atoms with van der Waals surface area (Å²) in [6.45, 7) is 9.88. The summed E-state index contributed by atoms with van der Waals surface area (Å²) in [6.07, 6.45) is 1.07. The van der Waals surface area contributed by atoms with Crippen molar-refractivity contribution in [3.8, 4) is 5.75 Å². The Morgan fingerprint density at radius 2 is 2.05 bits per heavy atom. The van der Waals surface area contributed by atoms with Crippen molar-refractivity contribution in [3.63, 3.8) is 0 Å². The molecule has 3 heteroatoms. The minimum atomic E-state index is 0.111. The summed E-state index contributed by atoms with van der Waals surface area (Å²) in [5, 5.41) is 7.00. The molecule has 0 spiro atoms. The van der Waals surface area contributed by atoms with Crippen molar-refractivity contribution in [2.75, 3.05) is 26.7 Å². The maximum Gasteiger partial charge on any atom is 0.122 e. The van der Waals surface area contributed by atoms with Gasteiger partial charge in [0.25, 0.3) is 0 Å². The van der Waals surface area contributed by atoms with Crippen LogP contribution < -0.4 is 15.4 Å². The Morgan fingerprint density at radius 3 is 2.63 bits per heavy atom. The zero-order valence-corrected chi connectivity index (χ0v) is 12.5. The first-order valence-corrected chi connectivity index (χ1v) is 7.12. The maximum atomic E-state index is 5.49. The highest BCUT2D eigenvalue weighted by molar-refractivity contribution is 5.41. The molecule has 1 aromatic rings. The normalized spacial score (nSPS) is 20.3. The number of piperazine rings is 1. The number of methoxy groups -OCH3 is 1. The molecule has 3 nitrogen and oxygen atoms in total. The molecule has 1 aliphatic heterocycles. The fourth-order valence-corrected chi connectivity index (χ4v) is 2.61. The molecular formula is C16H26N2O. The third-order valence-electron chi connectivity index (χ3n) is 3.68. The lowest BCUT2D eigenvalue weighted by Gasteiger charge is -2.26. The van der Waals surface area contributed by atoms with Gasteiger partial charge < -0.3 is 15.4 Å². The average Bonchev–Trinajstić information content (AvgIpc) is 2.39. The molecular weight excluding hydrogens is 236 g/mol. The van der Waals surface area contributed by atoms with E-state index < -0.39 is 0 Å². The highest BCUT2D eigenvalue weighted by Crippen LogP contribution is 2.32. The summed E-state index contributed by atoms with van der Waals surface area (Å²) in [4.78, 5) is 0. The molecule has 1 aliphatic rings. The molecule has 0 bridgehead atoms. The molecule has 1 heterocycles. The zero-order chi connectivity index (χ0) is 13.9. The molecule has 0 aromatic heterocycles. The van der Waals surface area contributed by atoms with Crippen LogP contribution in [-0.2, 0) is 11.8 Å². The Morgan fingerprint density at radius 1 is 1.26 bits per heavy atom. The maximum absolute atomic E-state index is 5.49. The van der Waals surface area contributed by atoms with Gasteiger partial charge in [-0.25, -0.2) is 0 Å². The van der Waals surface area contributed by atoms with Crippen LogP contribution in [-0.4, -0.2) is 32.8 Å². The molecule has 1 saturated heterocycles. The van der Waals surface area contributed by atoms with Gasteiger partial charge in [0.1, 0.15) is 5.75 Å². The van der Waals surface area contributed by atoms with E-state index in [0.717, 1.165) is 31.8 Å². The summed E-state index contributed by atoms with van der Waals surface area (Å²) in [7, 11) is 1.75. The van der Waals surface area contributed by atoms with Gasteiger partial charge in [0.15, 0.2) is 0 Å². The first kappa shape index (κ1) is 14.4. The minimum absolute atomic E-state index is 0.111. The van der Waals surface area contributed by atoms with Crippen molar-refractivity contribution in [3.05, 3.63) is 29.3 Å². The van der Waals surface area contributed by atoms with E-state index in [-0.39, 0.29) is 5.41 Å². The molecule has 2 N–H and O–H groups in total. The molecule has 106 valence electrons. The van der Waals surface area contributed by atoms with Gasteiger partial charge >= 0.3 is 0 Å². The Labute approximate surface area is 116 Å². The standard InChI is InChI=1S/C16H26N2O/c1-16(2,3)14-10-12(5-6-15(14)19-4)9-13-11-17-7-8-18-13/h5-6,10,13,17-18H,7-9,11H2,1-4H3. The van der Waals surface area contributed by atoms with Crippen molar-refractivity contribution in [2.45, 2.75) is 38.6 Å². The van der Waals surface area contributed by atoms with E-state index in [2.05, 4.69) is 49.6 Å². The first-order valence-electron chi connectivity index (χ1n) is 7.12. The van der Waals surface area contributed by atoms with Crippen LogP contribution in [0.4, 0.5) is 0 Å². The lowest BCUT2D eigenvalue weighted by atomic mass is 9.84. The third-order valence-corrected chi connectivity index (χ3v) is 3.68. The van der Waals surface area contributed by atoms with Crippen LogP contribution in [0.2, 0.25) is 0 Å². The smallest absolute Gasteiger partial charge is 0.122 e. The van der Waals surface area contributed by atoms with E-state index in [9.17, 15) is 0 Å². The summed E-state index contributed by atoms with van der Waals surface area (Å²) < 4.78 is 5.49. The molecule has 2 rings (SSSR count). The molecule has 0 saturated carbocycles. The average molecular weight is 262 g/mol. The van der Waals surface area contributed by atoms with Crippen molar-refractivity contribution < 1.29 is 4.74 Å². The van der Waals surface area contributed by atoms with Crippen molar-refractivity contribution in [1.29, 1.82) is 0 Å². The molecule has 1 aromatic carbocycles. The van der Waals surface area contributed by atoms with Crippen LogP contribution in [0, 0.1) is 0 Å². The molecule has 0 aliphatic carbocycles. The predicted octanol–water partition coefficient (Wildman–Crippen LogP) is 2.10. The molecule has 1 fully saturated rings. The largest absolute Gasteiger partial charge is 0.496 e. The molecule has 0 radical (unpaired) electrons. The van der Waals surface area contributed by atoms with Gasteiger partial charge in [-0.05, 0) is 29.0 Å². The number of hydrogen-bond donors (Lipinski definition) is 2. The summed E-state index contributed by atoms with van der Waals surface area (Å²) in [5.74, 6) is 0.992. The van der Waals surface area contributed by atoms with Gasteiger partial charge in [0, 0.05) is 25.7 Å². The van der Waals surface area contributed by atoms with Crippen LogP contribution in [0.1, 0.15) is 31.9 Å². The van der Waals surface area contributed by atoms with Gasteiger partial charge in [-0.2, -0.15) is 0 Å². The third kappa shape index (κ3) is 3.71. The fourth-order valence-electron chi connectivity index (χ4n) is 2.61. The summed E-state index contributed by atoms with van der Waals surface area (Å²) >= 11 is 0. The van der Waals surface area contributed by atoms with Gasteiger partial charge in [0.05, 0.1) is 7.11 Å². The number of benzene rings is 1. The van der Waals surface area contributed by atoms with E-state index in [1.807, 2.05) is 0 Å². The highest BCUT2D eigenvalue weighted by Gasteiger charge is 2.20. The van der Waals surface area contributed by atoms with E-state index in [1.54, 1.807) is 7.11 Å². The van der Waals surface area contributed by atoms with Gasteiger partial charge in [-0.1, -0.05) is 32.9 Å². The number of ether oxygens (including phenoxy) is 1. The van der Waals surface area contributed by atoms with Crippen molar-refractivity contribution >= 4 is 0 Å². The Kier molecular flexibility index (Phi) is 4.48. The van der Waals surface area contributed by atoms with E-state index in [0.29, 0.717) is 6.04 Å². The van der Waals surface area contributed by atoms with Crippen LogP contribution in [0.5, 0.6) is 5.75 Å². The van der Waals surface area contributed by atoms with E-state index in [4.69, 9.17) is 4.74 Å². The Hall–Kier alpha value is -1.06. The second kappa shape index (κ2) is 5.93. The van der Waals surface area contributed by atoms with Gasteiger partial charge in [-0.15, -0.1) is 0 Å². The van der Waals surface area contributed by atoms with Crippen LogP contribution in [0.15, 0.2) is 18.2 Å². The fraction of sp³-hybridized carbons (Fsp3) is 0.625. The van der Waals surface area contributed by atoms with E-state index in [1.165, 1.54) is 11.1 Å². The number of rotatable bonds is 3. The van der Waals surface area contributed by atoms with Crippen LogP contribution >= 0.6 is 0 Å². The predicted molar refractivity (Wildman–Crippen MR) is 80.1 cm³/mol. The highest BCUT2D eigenvalue weighted by atomic mass is 16.5. The monoisotopic (exact) mass is 262 g/mol. The van der Waals surface area contributed by atoms with Gasteiger partial charge in [-0.3, -0.25) is 0 Å². The summed E-state index contributed by atoms with van der Waals surface area (Å²) in [5.41, 5.74) is 2.78. The lowest BCUT2D eigenvalue weighted by Crippen LogP contribution is -2.49.